The van der Waals surface area contributed by atoms with Crippen LogP contribution < -0.4 is 10.2 Å². The van der Waals surface area contributed by atoms with Crippen LogP contribution in [0.2, 0.25) is 0 Å². The van der Waals surface area contributed by atoms with Crippen LogP contribution in [0.4, 0.5) is 11.9 Å². The monoisotopic (exact) mass is 354 g/mol. The number of rotatable bonds is 5. The van der Waals surface area contributed by atoms with Crippen LogP contribution in [0.25, 0.3) is 0 Å². The maximum atomic E-state index is 12.6. The molecule has 3 rings (SSSR count). The molecule has 1 fully saturated rings. The first-order chi connectivity index (χ1) is 12.4. The van der Waals surface area contributed by atoms with E-state index in [4.69, 9.17) is 0 Å². The molecule has 1 atom stereocenters. The number of hydrogen-bond acceptors (Lipinski definition) is 6. The van der Waals surface area contributed by atoms with E-state index in [0.29, 0.717) is 18.4 Å². The van der Waals surface area contributed by atoms with Crippen molar-refractivity contribution in [3.05, 3.63) is 41.7 Å². The number of hydrogen-bond donors (Lipinski definition) is 1. The van der Waals surface area contributed by atoms with Crippen LogP contribution in [-0.2, 0) is 0 Å². The third-order valence-corrected chi connectivity index (χ3v) is 4.39. The second kappa shape index (κ2) is 7.68. The predicted octanol–water partition coefficient (Wildman–Crippen LogP) is 2.39. The molecule has 26 heavy (non-hydrogen) atoms. The van der Waals surface area contributed by atoms with Gasteiger partial charge in [-0.3, -0.25) is 4.79 Å². The molecule has 7 heteroatoms. The number of amides is 1. The first kappa shape index (κ1) is 18.1. The first-order valence-electron chi connectivity index (χ1n) is 8.98. The Labute approximate surface area is 154 Å². The van der Waals surface area contributed by atoms with E-state index in [2.05, 4.69) is 34.1 Å². The van der Waals surface area contributed by atoms with E-state index < -0.39 is 0 Å². The highest BCUT2D eigenvalue weighted by molar-refractivity contribution is 5.94. The maximum Gasteiger partial charge on any atom is 0.253 e. The van der Waals surface area contributed by atoms with Gasteiger partial charge in [0.05, 0.1) is 0 Å². The van der Waals surface area contributed by atoms with Crippen molar-refractivity contribution in [1.29, 1.82) is 0 Å². The molecule has 1 aliphatic rings. The molecule has 2 heterocycles. The predicted molar refractivity (Wildman–Crippen MR) is 103 cm³/mol. The lowest BCUT2D eigenvalue weighted by atomic mass is 10.2. The summed E-state index contributed by atoms with van der Waals surface area (Å²) in [6, 6.07) is 9.54. The van der Waals surface area contributed by atoms with Gasteiger partial charge in [0.1, 0.15) is 5.82 Å². The minimum Gasteiger partial charge on any atom is -0.349 e. The lowest BCUT2D eigenvalue weighted by Crippen LogP contribution is -2.32. The van der Waals surface area contributed by atoms with Crippen LogP contribution in [-0.4, -0.2) is 59.0 Å². The normalized spacial score (nSPS) is 16.8. The fourth-order valence-electron chi connectivity index (χ4n) is 2.91. The van der Waals surface area contributed by atoms with Crippen molar-refractivity contribution in [3.8, 4) is 0 Å². The molecule has 1 saturated heterocycles. The highest BCUT2D eigenvalue weighted by atomic mass is 16.2. The average molecular weight is 354 g/mol. The molecular weight excluding hydrogens is 328 g/mol. The van der Waals surface area contributed by atoms with Gasteiger partial charge in [-0.1, -0.05) is 32.0 Å². The van der Waals surface area contributed by atoms with Gasteiger partial charge in [0.15, 0.2) is 0 Å². The van der Waals surface area contributed by atoms with E-state index in [9.17, 15) is 4.79 Å². The zero-order valence-corrected chi connectivity index (χ0v) is 15.8. The molecule has 0 saturated carbocycles. The van der Waals surface area contributed by atoms with Crippen molar-refractivity contribution in [1.82, 2.24) is 19.9 Å². The summed E-state index contributed by atoms with van der Waals surface area (Å²) in [7, 11) is 3.83. The second-order valence-electron chi connectivity index (χ2n) is 7.11. The third-order valence-electron chi connectivity index (χ3n) is 4.39. The van der Waals surface area contributed by atoms with Gasteiger partial charge in [-0.2, -0.15) is 15.0 Å². The number of likely N-dealkylation sites (tertiary alicyclic amines) is 1. The van der Waals surface area contributed by atoms with E-state index in [1.807, 2.05) is 54.2 Å². The van der Waals surface area contributed by atoms with Gasteiger partial charge >= 0.3 is 0 Å². The van der Waals surface area contributed by atoms with E-state index >= 15 is 0 Å². The second-order valence-corrected chi connectivity index (χ2v) is 7.11. The van der Waals surface area contributed by atoms with Crippen molar-refractivity contribution in [3.63, 3.8) is 0 Å². The summed E-state index contributed by atoms with van der Waals surface area (Å²) in [5, 5.41) is 3.38. The molecule has 138 valence electrons. The number of benzene rings is 1. The third kappa shape index (κ3) is 4.09. The molecule has 1 amide bonds. The Morgan fingerprint density at radius 2 is 1.92 bits per heavy atom. The van der Waals surface area contributed by atoms with Crippen LogP contribution in [0.15, 0.2) is 30.3 Å². The van der Waals surface area contributed by atoms with Gasteiger partial charge in [0.25, 0.3) is 5.91 Å². The molecule has 1 aliphatic heterocycles. The summed E-state index contributed by atoms with van der Waals surface area (Å²) in [6.45, 7) is 5.50. The van der Waals surface area contributed by atoms with Gasteiger partial charge in [0.2, 0.25) is 11.9 Å². The van der Waals surface area contributed by atoms with Gasteiger partial charge in [-0.25, -0.2) is 0 Å². The molecule has 0 aliphatic carbocycles. The fourth-order valence-corrected chi connectivity index (χ4v) is 2.91. The molecule has 0 bridgehead atoms. The highest BCUT2D eigenvalue weighted by Gasteiger charge is 2.27. The quantitative estimate of drug-likeness (QED) is 0.889. The van der Waals surface area contributed by atoms with Crippen molar-refractivity contribution in [2.75, 3.05) is 37.4 Å². The Hall–Kier alpha value is -2.70. The zero-order valence-electron chi connectivity index (χ0n) is 15.8. The summed E-state index contributed by atoms with van der Waals surface area (Å²) in [5.41, 5.74) is 0.727. The first-order valence-corrected chi connectivity index (χ1v) is 8.98. The topological polar surface area (TPSA) is 74.2 Å². The Bertz CT molecular complexity index is 736. The van der Waals surface area contributed by atoms with Crippen molar-refractivity contribution < 1.29 is 4.79 Å². The molecule has 0 radical (unpaired) electrons. The van der Waals surface area contributed by atoms with Gasteiger partial charge in [-0.15, -0.1) is 0 Å². The largest absolute Gasteiger partial charge is 0.349 e. The van der Waals surface area contributed by atoms with Crippen LogP contribution >= 0.6 is 0 Å². The molecule has 1 aromatic heterocycles. The maximum absolute atomic E-state index is 12.6. The molecule has 1 aromatic carbocycles. The number of carbonyl (C=O) groups is 1. The van der Waals surface area contributed by atoms with Gasteiger partial charge < -0.3 is 15.1 Å². The Balaban J connectivity index is 1.70. The molecule has 1 unspecified atom stereocenters. The van der Waals surface area contributed by atoms with Crippen LogP contribution in [0.5, 0.6) is 0 Å². The minimum absolute atomic E-state index is 0.0717. The minimum atomic E-state index is 0.0717. The summed E-state index contributed by atoms with van der Waals surface area (Å²) < 4.78 is 0. The van der Waals surface area contributed by atoms with Gasteiger partial charge in [0, 0.05) is 44.7 Å². The van der Waals surface area contributed by atoms with Crippen molar-refractivity contribution in [2.45, 2.75) is 32.2 Å². The SMILES string of the molecule is CC(C)c1nc(NC2CCN(C(=O)c3ccccc3)C2)nc(N(C)C)n1. The highest BCUT2D eigenvalue weighted by Crippen LogP contribution is 2.19. The Morgan fingerprint density at radius 3 is 2.58 bits per heavy atom. The summed E-state index contributed by atoms with van der Waals surface area (Å²) in [4.78, 5) is 29.9. The Kier molecular flexibility index (Phi) is 5.35. The number of nitrogens with one attached hydrogen (secondary N) is 1. The molecular formula is C19H26N6O. The lowest BCUT2D eigenvalue weighted by Gasteiger charge is -2.19. The molecule has 2 aromatic rings. The number of anilines is 2. The number of carbonyl (C=O) groups excluding carboxylic acids is 1. The number of aromatic nitrogens is 3. The van der Waals surface area contributed by atoms with Gasteiger partial charge in [-0.05, 0) is 18.6 Å². The van der Waals surface area contributed by atoms with E-state index in [1.165, 1.54) is 0 Å². The summed E-state index contributed by atoms with van der Waals surface area (Å²) in [5.74, 6) is 2.27. The zero-order chi connectivity index (χ0) is 18.7. The molecule has 1 N–H and O–H groups in total. The standard InChI is InChI=1S/C19H26N6O/c1-13(2)16-21-18(23-19(22-16)24(3)4)20-15-10-11-25(12-15)17(26)14-8-6-5-7-9-14/h5-9,13,15H,10-12H2,1-4H3,(H,20,21,22,23). The number of nitrogens with zero attached hydrogens (tertiary/aromatic N) is 5. The Morgan fingerprint density at radius 1 is 1.19 bits per heavy atom. The summed E-state index contributed by atoms with van der Waals surface area (Å²) >= 11 is 0. The van der Waals surface area contributed by atoms with E-state index in [0.717, 1.165) is 24.4 Å². The summed E-state index contributed by atoms with van der Waals surface area (Å²) in [6.07, 6.45) is 0.874. The smallest absolute Gasteiger partial charge is 0.253 e. The molecule has 7 nitrogen and oxygen atoms in total. The molecule has 0 spiro atoms. The van der Waals surface area contributed by atoms with Crippen LogP contribution in [0, 0.1) is 0 Å². The fraction of sp³-hybridized carbons (Fsp3) is 0.474. The van der Waals surface area contributed by atoms with Crippen LogP contribution in [0.1, 0.15) is 42.4 Å². The van der Waals surface area contributed by atoms with Crippen molar-refractivity contribution >= 4 is 17.8 Å². The van der Waals surface area contributed by atoms with E-state index in [-0.39, 0.29) is 17.9 Å². The van der Waals surface area contributed by atoms with E-state index in [1.54, 1.807) is 0 Å². The van der Waals surface area contributed by atoms with Crippen LogP contribution in [0.3, 0.4) is 0 Å². The lowest BCUT2D eigenvalue weighted by molar-refractivity contribution is 0.0791. The average Bonchev–Trinajstić information content (AvgIpc) is 3.09. The van der Waals surface area contributed by atoms with Crippen molar-refractivity contribution in [2.24, 2.45) is 0 Å².